The highest BCUT2D eigenvalue weighted by Gasteiger charge is 2.11. The highest BCUT2D eigenvalue weighted by Crippen LogP contribution is 2.25. The molecule has 1 atom stereocenters. The van der Waals surface area contributed by atoms with Gasteiger partial charge in [0.15, 0.2) is 0 Å². The standard InChI is InChI=1S/C15H16BrNOS/c1-19-14-7-5-13(6-8-14)18-15(10-17)11-3-2-4-12(16)9-11/h2-9,15H,10,17H2,1H3. The van der Waals surface area contributed by atoms with Crippen molar-refractivity contribution in [2.24, 2.45) is 5.73 Å². The second kappa shape index (κ2) is 6.98. The average molecular weight is 338 g/mol. The molecule has 100 valence electrons. The van der Waals surface area contributed by atoms with Gasteiger partial charge in [0, 0.05) is 15.9 Å². The summed E-state index contributed by atoms with van der Waals surface area (Å²) in [6, 6.07) is 16.1. The third-order valence-corrected chi connectivity index (χ3v) is 4.01. The van der Waals surface area contributed by atoms with Gasteiger partial charge in [0.1, 0.15) is 11.9 Å². The molecule has 0 fully saturated rings. The maximum atomic E-state index is 5.95. The van der Waals surface area contributed by atoms with Crippen molar-refractivity contribution in [3.05, 3.63) is 58.6 Å². The van der Waals surface area contributed by atoms with Crippen LogP contribution in [0.2, 0.25) is 0 Å². The van der Waals surface area contributed by atoms with E-state index in [0.29, 0.717) is 6.54 Å². The lowest BCUT2D eigenvalue weighted by atomic mass is 10.1. The molecule has 0 aliphatic carbocycles. The van der Waals surface area contributed by atoms with E-state index in [9.17, 15) is 0 Å². The summed E-state index contributed by atoms with van der Waals surface area (Å²) in [5.74, 6) is 0.841. The summed E-state index contributed by atoms with van der Waals surface area (Å²) in [7, 11) is 0. The molecule has 0 aliphatic rings. The molecule has 4 heteroatoms. The van der Waals surface area contributed by atoms with Gasteiger partial charge in [0.2, 0.25) is 0 Å². The molecule has 0 aliphatic heterocycles. The van der Waals surface area contributed by atoms with Crippen LogP contribution in [0.25, 0.3) is 0 Å². The van der Waals surface area contributed by atoms with Gasteiger partial charge in [-0.1, -0.05) is 28.1 Å². The molecule has 0 radical (unpaired) electrons. The van der Waals surface area contributed by atoms with E-state index < -0.39 is 0 Å². The highest BCUT2D eigenvalue weighted by atomic mass is 79.9. The fraction of sp³-hybridized carbons (Fsp3) is 0.200. The lowest BCUT2D eigenvalue weighted by molar-refractivity contribution is 0.214. The summed E-state index contributed by atoms with van der Waals surface area (Å²) in [6.45, 7) is 0.445. The summed E-state index contributed by atoms with van der Waals surface area (Å²) < 4.78 is 6.98. The molecule has 0 heterocycles. The molecule has 2 nitrogen and oxygen atoms in total. The first kappa shape index (κ1) is 14.4. The van der Waals surface area contributed by atoms with Crippen molar-refractivity contribution in [1.82, 2.24) is 0 Å². The molecule has 0 aromatic heterocycles. The number of halogens is 1. The van der Waals surface area contributed by atoms with E-state index in [1.807, 2.05) is 36.4 Å². The van der Waals surface area contributed by atoms with Crippen molar-refractivity contribution in [2.75, 3.05) is 12.8 Å². The quantitative estimate of drug-likeness (QED) is 0.828. The molecule has 2 rings (SSSR count). The topological polar surface area (TPSA) is 35.2 Å². The number of hydrogen-bond acceptors (Lipinski definition) is 3. The van der Waals surface area contributed by atoms with E-state index in [4.69, 9.17) is 10.5 Å². The summed E-state index contributed by atoms with van der Waals surface area (Å²) in [6.07, 6.45) is 1.93. The second-order valence-electron chi connectivity index (χ2n) is 4.07. The van der Waals surface area contributed by atoms with Gasteiger partial charge in [0.25, 0.3) is 0 Å². The minimum atomic E-state index is -0.127. The molecule has 2 aromatic rings. The van der Waals surface area contributed by atoms with Gasteiger partial charge in [0.05, 0.1) is 0 Å². The van der Waals surface area contributed by atoms with Crippen LogP contribution in [0.1, 0.15) is 11.7 Å². The Kier molecular flexibility index (Phi) is 5.31. The first-order valence-electron chi connectivity index (χ1n) is 5.99. The van der Waals surface area contributed by atoms with Gasteiger partial charge in [-0.05, 0) is 48.2 Å². The SMILES string of the molecule is CSc1ccc(OC(CN)c2cccc(Br)c2)cc1. The minimum absolute atomic E-state index is 0.127. The first-order valence-corrected chi connectivity index (χ1v) is 8.01. The Morgan fingerprint density at radius 3 is 2.53 bits per heavy atom. The van der Waals surface area contributed by atoms with E-state index in [1.54, 1.807) is 11.8 Å². The van der Waals surface area contributed by atoms with E-state index >= 15 is 0 Å². The monoisotopic (exact) mass is 337 g/mol. The maximum absolute atomic E-state index is 5.95. The Hall–Kier alpha value is -0.970. The molecule has 0 saturated carbocycles. The lowest BCUT2D eigenvalue weighted by Crippen LogP contribution is -2.18. The van der Waals surface area contributed by atoms with Gasteiger partial charge in [-0.3, -0.25) is 0 Å². The smallest absolute Gasteiger partial charge is 0.136 e. The van der Waals surface area contributed by atoms with Crippen LogP contribution in [-0.2, 0) is 0 Å². The van der Waals surface area contributed by atoms with Crippen molar-refractivity contribution in [3.8, 4) is 5.75 Å². The molecular weight excluding hydrogens is 322 g/mol. The van der Waals surface area contributed by atoms with Crippen LogP contribution in [-0.4, -0.2) is 12.8 Å². The first-order chi connectivity index (χ1) is 9.22. The lowest BCUT2D eigenvalue weighted by Gasteiger charge is -2.18. The molecular formula is C15H16BrNOS. The van der Waals surface area contributed by atoms with Crippen molar-refractivity contribution in [3.63, 3.8) is 0 Å². The molecule has 19 heavy (non-hydrogen) atoms. The minimum Gasteiger partial charge on any atom is -0.484 e. The third-order valence-electron chi connectivity index (χ3n) is 2.77. The second-order valence-corrected chi connectivity index (χ2v) is 5.87. The van der Waals surface area contributed by atoms with Gasteiger partial charge in [-0.25, -0.2) is 0 Å². The molecule has 2 N–H and O–H groups in total. The van der Waals surface area contributed by atoms with Crippen LogP contribution < -0.4 is 10.5 Å². The molecule has 0 saturated heterocycles. The Balaban J connectivity index is 2.14. The fourth-order valence-corrected chi connectivity index (χ4v) is 2.60. The summed E-state index contributed by atoms with van der Waals surface area (Å²) in [4.78, 5) is 1.22. The van der Waals surface area contributed by atoms with E-state index in [1.165, 1.54) is 4.90 Å². The molecule has 0 amide bonds. The van der Waals surface area contributed by atoms with Crippen LogP contribution in [0.5, 0.6) is 5.75 Å². The zero-order chi connectivity index (χ0) is 13.7. The van der Waals surface area contributed by atoms with Crippen LogP contribution in [0, 0.1) is 0 Å². The van der Waals surface area contributed by atoms with E-state index in [2.05, 4.69) is 34.3 Å². The largest absolute Gasteiger partial charge is 0.484 e. The van der Waals surface area contributed by atoms with Gasteiger partial charge in [-0.2, -0.15) is 0 Å². The highest BCUT2D eigenvalue weighted by molar-refractivity contribution is 9.10. The van der Waals surface area contributed by atoms with Crippen molar-refractivity contribution in [2.45, 2.75) is 11.0 Å². The van der Waals surface area contributed by atoms with Crippen LogP contribution >= 0.6 is 27.7 Å². The van der Waals surface area contributed by atoms with Crippen LogP contribution in [0.15, 0.2) is 57.9 Å². The Labute approximate surface area is 126 Å². The Bertz CT molecular complexity index is 530. The predicted molar refractivity (Wildman–Crippen MR) is 84.8 cm³/mol. The van der Waals surface area contributed by atoms with Crippen molar-refractivity contribution < 1.29 is 4.74 Å². The molecule has 1 unspecified atom stereocenters. The number of ether oxygens (including phenoxy) is 1. The number of rotatable bonds is 5. The molecule has 0 spiro atoms. The molecule has 2 aromatic carbocycles. The van der Waals surface area contributed by atoms with Gasteiger partial charge >= 0.3 is 0 Å². The van der Waals surface area contributed by atoms with Crippen LogP contribution in [0.4, 0.5) is 0 Å². The van der Waals surface area contributed by atoms with Gasteiger partial charge in [-0.15, -0.1) is 11.8 Å². The zero-order valence-electron chi connectivity index (χ0n) is 10.7. The summed E-state index contributed by atoms with van der Waals surface area (Å²) >= 11 is 5.18. The maximum Gasteiger partial charge on any atom is 0.136 e. The number of hydrogen-bond donors (Lipinski definition) is 1. The summed E-state index contributed by atoms with van der Waals surface area (Å²) in [5, 5.41) is 0. The number of thioether (sulfide) groups is 1. The van der Waals surface area contributed by atoms with Gasteiger partial charge < -0.3 is 10.5 Å². The average Bonchev–Trinajstić information content (AvgIpc) is 2.45. The molecule has 0 bridgehead atoms. The predicted octanol–water partition coefficient (Wildman–Crippen LogP) is 4.25. The third kappa shape index (κ3) is 4.00. The fourth-order valence-electron chi connectivity index (χ4n) is 1.78. The number of nitrogens with two attached hydrogens (primary N) is 1. The van der Waals surface area contributed by atoms with E-state index in [-0.39, 0.29) is 6.10 Å². The van der Waals surface area contributed by atoms with E-state index in [0.717, 1.165) is 15.8 Å². The number of benzene rings is 2. The van der Waals surface area contributed by atoms with Crippen molar-refractivity contribution >= 4 is 27.7 Å². The Morgan fingerprint density at radius 1 is 1.21 bits per heavy atom. The zero-order valence-corrected chi connectivity index (χ0v) is 13.1. The summed E-state index contributed by atoms with van der Waals surface area (Å²) in [5.41, 5.74) is 6.89. The normalized spacial score (nSPS) is 12.2. The van der Waals surface area contributed by atoms with Crippen LogP contribution in [0.3, 0.4) is 0 Å². The Morgan fingerprint density at radius 2 is 1.95 bits per heavy atom. The van der Waals surface area contributed by atoms with Crippen molar-refractivity contribution in [1.29, 1.82) is 0 Å².